The number of carbonyl (C=O) groups is 6. The summed E-state index contributed by atoms with van der Waals surface area (Å²) >= 11 is 0. The van der Waals surface area contributed by atoms with E-state index >= 15 is 0 Å². The molecule has 4 N–H and O–H groups in total. The maximum atomic E-state index is 13.8. The Kier molecular flexibility index (Phi) is 10.2. The Hall–Kier alpha value is -5.14. The van der Waals surface area contributed by atoms with Crippen LogP contribution in [0.3, 0.4) is 0 Å². The van der Waals surface area contributed by atoms with Gasteiger partial charge in [0, 0.05) is 11.8 Å². The van der Waals surface area contributed by atoms with E-state index in [1.54, 1.807) is 0 Å². The molecule has 2 unspecified atom stereocenters. The highest BCUT2D eigenvalue weighted by Gasteiger charge is 2.53. The van der Waals surface area contributed by atoms with Crippen molar-refractivity contribution in [3.8, 4) is 0 Å². The Morgan fingerprint density at radius 3 is 1.25 bits per heavy atom. The lowest BCUT2D eigenvalue weighted by atomic mass is 9.85. The lowest BCUT2D eigenvalue weighted by Crippen LogP contribution is -2.41. The van der Waals surface area contributed by atoms with Crippen LogP contribution in [0.4, 0.5) is 17.6 Å². The molecule has 2 aliphatic heterocycles. The molecule has 280 valence electrons. The van der Waals surface area contributed by atoms with Crippen molar-refractivity contribution in [3.05, 3.63) is 80.9 Å². The Morgan fingerprint density at radius 1 is 0.673 bits per heavy atom. The molecule has 0 aromatic heterocycles. The van der Waals surface area contributed by atoms with E-state index < -0.39 is 146 Å². The summed E-state index contributed by atoms with van der Waals surface area (Å²) in [5.41, 5.74) is -5.37. The van der Waals surface area contributed by atoms with Gasteiger partial charge in [0.2, 0.25) is 0 Å². The maximum absolute atomic E-state index is 13.8. The average Bonchev–Trinajstić information content (AvgIpc) is 3.45. The first-order valence-electron chi connectivity index (χ1n) is 14.0. The van der Waals surface area contributed by atoms with Gasteiger partial charge < -0.3 is 20.4 Å². The summed E-state index contributed by atoms with van der Waals surface area (Å²) < 4.78 is 111. The number of hydrogen-bond donors (Lipinski definition) is 4. The Labute approximate surface area is 288 Å². The van der Waals surface area contributed by atoms with Gasteiger partial charge in [0.15, 0.2) is 0 Å². The number of aliphatic hydroxyl groups is 2. The van der Waals surface area contributed by atoms with Crippen LogP contribution < -0.4 is 0 Å². The molecule has 2 atom stereocenters. The van der Waals surface area contributed by atoms with Gasteiger partial charge in [0.05, 0.1) is 33.4 Å². The van der Waals surface area contributed by atoms with Gasteiger partial charge in [0.25, 0.3) is 23.6 Å². The molecule has 0 radical (unpaired) electrons. The number of halogens is 4. The van der Waals surface area contributed by atoms with Crippen molar-refractivity contribution in [2.24, 2.45) is 0 Å². The van der Waals surface area contributed by atoms with E-state index in [1.165, 1.54) is 13.8 Å². The highest BCUT2D eigenvalue weighted by Crippen LogP contribution is 2.39. The molecule has 2 aromatic rings. The van der Waals surface area contributed by atoms with E-state index in [-0.39, 0.29) is 0 Å². The minimum absolute atomic E-state index is 0.512. The monoisotopic (exact) mass is 782 g/mol. The van der Waals surface area contributed by atoms with Crippen molar-refractivity contribution < 1.29 is 92.2 Å². The van der Waals surface area contributed by atoms with Crippen molar-refractivity contribution in [1.82, 2.24) is 10.1 Å². The molecule has 18 nitrogen and oxygen atoms in total. The van der Waals surface area contributed by atoms with E-state index in [9.17, 15) is 73.4 Å². The first-order chi connectivity index (χ1) is 23.9. The quantitative estimate of drug-likeness (QED) is 0.120. The van der Waals surface area contributed by atoms with Crippen LogP contribution in [0.1, 0.15) is 99.0 Å². The van der Waals surface area contributed by atoms with Gasteiger partial charge in [-0.05, 0) is 35.4 Å². The second-order valence-corrected chi connectivity index (χ2v) is 14.2. The number of nitrogens with zero attached hydrogens (tertiary/aromatic N) is 2. The molecule has 0 saturated carbocycles. The van der Waals surface area contributed by atoms with Gasteiger partial charge >= 0.3 is 42.7 Å². The predicted molar refractivity (Wildman–Crippen MR) is 158 cm³/mol. The molecule has 24 heteroatoms. The van der Waals surface area contributed by atoms with E-state index in [1.807, 2.05) is 0 Å². The summed E-state index contributed by atoms with van der Waals surface area (Å²) in [5.74, 6) is -12.7. The van der Waals surface area contributed by atoms with Crippen LogP contribution in [-0.4, -0.2) is 107 Å². The largest absolute Gasteiger partial charge is 0.478 e. The fourth-order valence-corrected chi connectivity index (χ4v) is 6.30. The number of benzene rings is 2. The number of allylic oxidation sites excluding steroid dienone is 2. The molecule has 2 aromatic carbocycles. The van der Waals surface area contributed by atoms with E-state index in [0.717, 1.165) is 36.4 Å². The minimum Gasteiger partial charge on any atom is -0.478 e. The van der Waals surface area contributed by atoms with Gasteiger partial charge in [-0.1, -0.05) is 26.0 Å². The smallest absolute Gasteiger partial charge is 0.394 e. The van der Waals surface area contributed by atoms with Gasteiger partial charge in [-0.2, -0.15) is 34.4 Å². The number of hydroxylamine groups is 4. The second-order valence-electron chi connectivity index (χ2n) is 10.9. The Bertz CT molecular complexity index is 2050. The van der Waals surface area contributed by atoms with E-state index in [0.29, 0.717) is 0 Å². The molecule has 0 saturated heterocycles. The van der Waals surface area contributed by atoms with Gasteiger partial charge in [-0.15, -0.1) is 18.7 Å². The number of alkyl halides is 4. The van der Waals surface area contributed by atoms with E-state index in [2.05, 4.69) is 8.57 Å². The third kappa shape index (κ3) is 6.43. The van der Waals surface area contributed by atoms with Gasteiger partial charge in [-0.3, -0.25) is 19.2 Å². The van der Waals surface area contributed by atoms with Crippen LogP contribution in [0.5, 0.6) is 0 Å². The Morgan fingerprint density at radius 2 is 0.981 bits per heavy atom. The zero-order valence-electron chi connectivity index (χ0n) is 25.9. The Balaban J connectivity index is 1.78. The van der Waals surface area contributed by atoms with Gasteiger partial charge in [0.1, 0.15) is 13.2 Å². The second kappa shape index (κ2) is 13.4. The molecular formula is C28H22F4N2O16S2. The number of amides is 4. The summed E-state index contributed by atoms with van der Waals surface area (Å²) in [6.07, 6.45) is 2.19. The van der Waals surface area contributed by atoms with Crippen LogP contribution >= 0.6 is 0 Å². The predicted octanol–water partition coefficient (Wildman–Crippen LogP) is 1.43. The third-order valence-electron chi connectivity index (χ3n) is 7.62. The number of aliphatic hydroxyl groups excluding tert-OH is 2. The molecule has 0 spiro atoms. The van der Waals surface area contributed by atoms with E-state index in [4.69, 9.17) is 10.2 Å². The van der Waals surface area contributed by atoms with Crippen LogP contribution in [0.25, 0.3) is 0 Å². The van der Waals surface area contributed by atoms with Crippen molar-refractivity contribution in [1.29, 1.82) is 0 Å². The molecule has 0 fully saturated rings. The number of carboxylic acid groups (broad SMARTS) is 2. The van der Waals surface area contributed by atoms with Crippen LogP contribution in [0.15, 0.2) is 36.4 Å². The summed E-state index contributed by atoms with van der Waals surface area (Å²) in [7, 11) is -12.3. The number of carbonyl (C=O) groups excluding carboxylic acids is 4. The summed E-state index contributed by atoms with van der Waals surface area (Å²) in [6.45, 7) is -2.17. The van der Waals surface area contributed by atoms with Crippen LogP contribution in [0.2, 0.25) is 0 Å². The van der Waals surface area contributed by atoms with Crippen LogP contribution in [-0.2, 0) is 28.8 Å². The lowest BCUT2D eigenvalue weighted by molar-refractivity contribution is -0.0356. The number of carboxylic acids is 2. The van der Waals surface area contributed by atoms with Gasteiger partial charge in [-0.25, -0.2) is 9.59 Å². The van der Waals surface area contributed by atoms with Crippen molar-refractivity contribution in [3.63, 3.8) is 0 Å². The van der Waals surface area contributed by atoms with Crippen molar-refractivity contribution in [2.45, 2.75) is 36.2 Å². The summed E-state index contributed by atoms with van der Waals surface area (Å²) in [4.78, 5) is 76.5. The highest BCUT2D eigenvalue weighted by molar-refractivity contribution is 7.88. The molecule has 2 aliphatic rings. The number of fused-ring (bicyclic) bond motifs is 2. The van der Waals surface area contributed by atoms with Crippen molar-refractivity contribution in [2.75, 3.05) is 13.2 Å². The summed E-state index contributed by atoms with van der Waals surface area (Å²) in [6, 6.07) is 3.16. The first-order valence-corrected chi connectivity index (χ1v) is 16.8. The summed E-state index contributed by atoms with van der Waals surface area (Å²) in [5, 5.41) is 26.0. The standard InChI is InChI=1S/C28H22F4N2O16S2/c1-11(17-15(25(41)42)7-5-13-19(17)23(39)33(21(13)37)49-51(45,46)27(29,30)9-35)3-4-12(2)18-16(26(43)44)8-6-14-20(18)24(40)34(22(14)38)50-52(47,48)28(31,32)10-36/h3-8,11-12,35-36H,9-10H2,1-2H3,(H,41,42)(H,43,44). The topological polar surface area (TPSA) is 277 Å². The molecule has 52 heavy (non-hydrogen) atoms. The van der Waals surface area contributed by atoms with Crippen molar-refractivity contribution >= 4 is 55.8 Å². The minimum atomic E-state index is -6.16. The normalized spacial score (nSPS) is 16.5. The number of imide groups is 2. The zero-order valence-corrected chi connectivity index (χ0v) is 27.6. The fourth-order valence-electron chi connectivity index (χ4n) is 5.11. The first kappa shape index (κ1) is 39.6. The molecular weight excluding hydrogens is 760 g/mol. The number of hydrogen-bond acceptors (Lipinski definition) is 14. The highest BCUT2D eigenvalue weighted by atomic mass is 32.2. The molecule has 0 bridgehead atoms. The third-order valence-corrected chi connectivity index (χ3v) is 10.0. The van der Waals surface area contributed by atoms with Crippen LogP contribution in [0, 0.1) is 0 Å². The number of rotatable bonds is 14. The molecule has 0 aliphatic carbocycles. The molecule has 4 rings (SSSR count). The average molecular weight is 783 g/mol. The number of aromatic carboxylic acids is 2. The molecule has 4 amide bonds. The molecule has 2 heterocycles. The lowest BCUT2D eigenvalue weighted by Gasteiger charge is -2.19. The zero-order chi connectivity index (χ0) is 39.5. The fraction of sp³-hybridized carbons (Fsp3) is 0.286. The maximum Gasteiger partial charge on any atom is 0.394 e. The SMILES string of the molecule is CC(C=CC(C)c1c(C(=O)O)ccc2c1C(=O)N(OS(=O)(=O)C(F)(F)CO)C2=O)c1c(C(=O)O)ccc2c1C(=O)N(OS(=O)(=O)C(F)(F)CO)C2=O.